The molecule has 26 heavy (non-hydrogen) atoms. The summed E-state index contributed by atoms with van der Waals surface area (Å²) in [6, 6.07) is 11.2. The van der Waals surface area contributed by atoms with E-state index in [9.17, 15) is 4.79 Å². The largest absolute Gasteiger partial charge is 0.422 e. The van der Waals surface area contributed by atoms with Crippen molar-refractivity contribution < 1.29 is 18.8 Å². The van der Waals surface area contributed by atoms with E-state index in [1.165, 1.54) is 0 Å². The first-order valence-electron chi connectivity index (χ1n) is 8.49. The first-order chi connectivity index (χ1) is 12.7. The van der Waals surface area contributed by atoms with Crippen molar-refractivity contribution in [1.29, 1.82) is 0 Å². The van der Waals surface area contributed by atoms with E-state index in [-0.39, 0.29) is 36.1 Å². The minimum atomic E-state index is -0.268. The Bertz CT molecular complexity index is 890. The first-order valence-corrected chi connectivity index (χ1v) is 8.49. The first kappa shape index (κ1) is 16.5. The average molecular weight is 354 g/mol. The Morgan fingerprint density at radius 1 is 1.23 bits per heavy atom. The monoisotopic (exact) mass is 354 g/mol. The number of carbonyl (C=O) groups is 1. The van der Waals surface area contributed by atoms with Gasteiger partial charge in [-0.3, -0.25) is 4.79 Å². The van der Waals surface area contributed by atoms with E-state index >= 15 is 0 Å². The van der Waals surface area contributed by atoms with E-state index in [1.54, 1.807) is 6.07 Å². The summed E-state index contributed by atoms with van der Waals surface area (Å²) >= 11 is 0. The van der Waals surface area contributed by atoms with Crippen LogP contribution in [0.15, 0.2) is 45.3 Å². The van der Waals surface area contributed by atoms with Crippen LogP contribution in [0.2, 0.25) is 0 Å². The summed E-state index contributed by atoms with van der Waals surface area (Å²) < 4.78 is 10.7. The van der Waals surface area contributed by atoms with Crippen LogP contribution in [0, 0.1) is 0 Å². The third kappa shape index (κ3) is 3.36. The molecule has 0 aliphatic heterocycles. The summed E-state index contributed by atoms with van der Waals surface area (Å²) in [5, 5.41) is 23.6. The van der Waals surface area contributed by atoms with Crippen molar-refractivity contribution in [3.8, 4) is 11.3 Å². The number of benzene rings is 1. The molecule has 0 spiro atoms. The zero-order valence-corrected chi connectivity index (χ0v) is 14.0. The summed E-state index contributed by atoms with van der Waals surface area (Å²) in [6.45, 7) is -0.268. The zero-order chi connectivity index (χ0) is 17.9. The predicted octanol–water partition coefficient (Wildman–Crippen LogP) is 2.28. The highest BCUT2D eigenvalue weighted by molar-refractivity contribution is 5.93. The normalized spacial score (nSPS) is 19.6. The van der Waals surface area contributed by atoms with Gasteiger partial charge in [0, 0.05) is 23.6 Å². The zero-order valence-electron chi connectivity index (χ0n) is 14.0. The van der Waals surface area contributed by atoms with Gasteiger partial charge >= 0.3 is 0 Å². The third-order valence-electron chi connectivity index (χ3n) is 4.54. The summed E-state index contributed by atoms with van der Waals surface area (Å²) in [6.07, 6.45) is 2.37. The SMILES string of the molecule is O=C(NC1CCC(c2nnc(CO)o2)C1)c1cc(-c2ccccc2)on1. The van der Waals surface area contributed by atoms with Crippen molar-refractivity contribution in [3.05, 3.63) is 53.9 Å². The fourth-order valence-corrected chi connectivity index (χ4v) is 3.21. The fraction of sp³-hybridized carbons (Fsp3) is 0.333. The number of nitrogens with one attached hydrogen (secondary N) is 1. The van der Waals surface area contributed by atoms with E-state index in [0.29, 0.717) is 18.1 Å². The lowest BCUT2D eigenvalue weighted by molar-refractivity contribution is 0.0928. The van der Waals surface area contributed by atoms with Crippen LogP contribution in [0.4, 0.5) is 0 Å². The molecule has 8 nitrogen and oxygen atoms in total. The van der Waals surface area contributed by atoms with Crippen LogP contribution >= 0.6 is 0 Å². The molecular weight excluding hydrogens is 336 g/mol. The van der Waals surface area contributed by atoms with Crippen LogP contribution in [0.3, 0.4) is 0 Å². The molecule has 1 aromatic carbocycles. The van der Waals surface area contributed by atoms with Crippen LogP contribution in [0.25, 0.3) is 11.3 Å². The Hall–Kier alpha value is -3.00. The van der Waals surface area contributed by atoms with Gasteiger partial charge in [0.05, 0.1) is 0 Å². The average Bonchev–Trinajstić information content (AvgIpc) is 3.42. The minimum absolute atomic E-state index is 0.00820. The minimum Gasteiger partial charge on any atom is -0.422 e. The van der Waals surface area contributed by atoms with E-state index in [1.807, 2.05) is 30.3 Å². The molecule has 0 bridgehead atoms. The van der Waals surface area contributed by atoms with E-state index < -0.39 is 0 Å². The summed E-state index contributed by atoms with van der Waals surface area (Å²) in [4.78, 5) is 12.4. The molecule has 8 heteroatoms. The van der Waals surface area contributed by atoms with E-state index in [4.69, 9.17) is 14.0 Å². The molecule has 4 rings (SSSR count). The van der Waals surface area contributed by atoms with Crippen LogP contribution in [0.5, 0.6) is 0 Å². The van der Waals surface area contributed by atoms with Gasteiger partial charge in [-0.1, -0.05) is 35.5 Å². The van der Waals surface area contributed by atoms with E-state index in [0.717, 1.165) is 18.4 Å². The molecule has 0 radical (unpaired) electrons. The molecular formula is C18H18N4O4. The van der Waals surface area contributed by atoms with Crippen molar-refractivity contribution in [2.75, 3.05) is 0 Å². The van der Waals surface area contributed by atoms with Crippen molar-refractivity contribution in [2.45, 2.75) is 37.8 Å². The molecule has 1 amide bonds. The van der Waals surface area contributed by atoms with Crippen molar-refractivity contribution >= 4 is 5.91 Å². The van der Waals surface area contributed by atoms with Crippen molar-refractivity contribution in [2.24, 2.45) is 0 Å². The lowest BCUT2D eigenvalue weighted by Crippen LogP contribution is -2.33. The number of hydrogen-bond acceptors (Lipinski definition) is 7. The van der Waals surface area contributed by atoms with Gasteiger partial charge in [0.25, 0.3) is 5.91 Å². The second-order valence-corrected chi connectivity index (χ2v) is 6.31. The molecule has 1 fully saturated rings. The van der Waals surface area contributed by atoms with E-state index in [2.05, 4.69) is 20.7 Å². The van der Waals surface area contributed by atoms with Crippen LogP contribution in [-0.4, -0.2) is 32.4 Å². The lowest BCUT2D eigenvalue weighted by Gasteiger charge is -2.10. The van der Waals surface area contributed by atoms with Gasteiger partial charge in [0.2, 0.25) is 11.8 Å². The van der Waals surface area contributed by atoms with Gasteiger partial charge in [-0.05, 0) is 19.3 Å². The number of nitrogens with zero attached hydrogens (tertiary/aromatic N) is 3. The van der Waals surface area contributed by atoms with Gasteiger partial charge < -0.3 is 19.4 Å². The highest BCUT2D eigenvalue weighted by atomic mass is 16.5. The molecule has 2 atom stereocenters. The second kappa shape index (κ2) is 7.09. The molecule has 2 N–H and O–H groups in total. The fourth-order valence-electron chi connectivity index (χ4n) is 3.21. The number of aromatic nitrogens is 3. The highest BCUT2D eigenvalue weighted by Gasteiger charge is 2.31. The maximum Gasteiger partial charge on any atom is 0.273 e. The van der Waals surface area contributed by atoms with Gasteiger partial charge in [-0.25, -0.2) is 0 Å². The standard InChI is InChI=1S/C18H18N4O4/c23-10-16-20-21-18(25-16)12-6-7-13(8-12)19-17(24)14-9-15(26-22-14)11-4-2-1-3-5-11/h1-5,9,12-13,23H,6-8,10H2,(H,19,24). The van der Waals surface area contributed by atoms with Gasteiger partial charge in [0.15, 0.2) is 11.5 Å². The Kier molecular flexibility index (Phi) is 4.49. The maximum atomic E-state index is 12.4. The van der Waals surface area contributed by atoms with Gasteiger partial charge in [0.1, 0.15) is 6.61 Å². The van der Waals surface area contributed by atoms with Gasteiger partial charge in [-0.2, -0.15) is 0 Å². The number of carbonyl (C=O) groups excluding carboxylic acids is 1. The Morgan fingerprint density at radius 2 is 2.08 bits per heavy atom. The maximum absolute atomic E-state index is 12.4. The summed E-state index contributed by atoms with van der Waals surface area (Å²) in [7, 11) is 0. The van der Waals surface area contributed by atoms with Crippen LogP contribution < -0.4 is 5.32 Å². The number of rotatable bonds is 5. The number of hydrogen-bond donors (Lipinski definition) is 2. The molecule has 134 valence electrons. The van der Waals surface area contributed by atoms with Gasteiger partial charge in [-0.15, -0.1) is 10.2 Å². The second-order valence-electron chi connectivity index (χ2n) is 6.31. The molecule has 3 aromatic rings. The quantitative estimate of drug-likeness (QED) is 0.722. The molecule has 1 saturated carbocycles. The Morgan fingerprint density at radius 3 is 2.85 bits per heavy atom. The van der Waals surface area contributed by atoms with Crippen LogP contribution in [0.1, 0.15) is 47.5 Å². The smallest absolute Gasteiger partial charge is 0.273 e. The summed E-state index contributed by atoms with van der Waals surface area (Å²) in [5.74, 6) is 1.11. The molecule has 1 aliphatic rings. The summed E-state index contributed by atoms with van der Waals surface area (Å²) in [5.41, 5.74) is 1.13. The lowest BCUT2D eigenvalue weighted by atomic mass is 10.1. The molecule has 2 unspecified atom stereocenters. The van der Waals surface area contributed by atoms with Crippen LogP contribution in [-0.2, 0) is 6.61 Å². The molecule has 1 aliphatic carbocycles. The molecule has 2 aromatic heterocycles. The number of aliphatic hydroxyl groups is 1. The topological polar surface area (TPSA) is 114 Å². The molecule has 0 saturated heterocycles. The third-order valence-corrected chi connectivity index (χ3v) is 4.54. The van der Waals surface area contributed by atoms with Crippen molar-refractivity contribution in [1.82, 2.24) is 20.7 Å². The Labute approximate surface area is 149 Å². The highest BCUT2D eigenvalue weighted by Crippen LogP contribution is 2.34. The van der Waals surface area contributed by atoms with Crippen molar-refractivity contribution in [3.63, 3.8) is 0 Å². The Balaban J connectivity index is 1.37. The molecule has 2 heterocycles. The predicted molar refractivity (Wildman–Crippen MR) is 90.0 cm³/mol. The number of amides is 1. The number of aliphatic hydroxyl groups excluding tert-OH is 1.